The summed E-state index contributed by atoms with van der Waals surface area (Å²) in [4.78, 5) is 12.3. The molecule has 2 aliphatic heterocycles. The number of carbonyl (C=O) groups excluding carboxylic acids is 1. The number of fused-ring (bicyclic) bond motifs is 4. The minimum Gasteiger partial charge on any atom is -0.488 e. The zero-order valence-corrected chi connectivity index (χ0v) is 16.9. The van der Waals surface area contributed by atoms with Crippen molar-refractivity contribution >= 4 is 16.0 Å². The second-order valence-electron chi connectivity index (χ2n) is 7.44. The van der Waals surface area contributed by atoms with Gasteiger partial charge in [-0.25, -0.2) is 8.42 Å². The summed E-state index contributed by atoms with van der Waals surface area (Å²) in [6, 6.07) is 11.6. The van der Waals surface area contributed by atoms with E-state index in [-0.39, 0.29) is 23.5 Å². The quantitative estimate of drug-likeness (QED) is 0.736. The van der Waals surface area contributed by atoms with Gasteiger partial charge < -0.3 is 9.47 Å². The van der Waals surface area contributed by atoms with Crippen molar-refractivity contribution in [2.75, 3.05) is 7.11 Å². The first-order valence-electron chi connectivity index (χ1n) is 9.25. The highest BCUT2D eigenvalue weighted by Gasteiger charge is 2.53. The number of ether oxygens (including phenoxy) is 2. The molecule has 0 aromatic heterocycles. The fourth-order valence-electron chi connectivity index (χ4n) is 4.12. The lowest BCUT2D eigenvalue weighted by molar-refractivity contribution is -0.142. The molecule has 148 valence electrons. The smallest absolute Gasteiger partial charge is 0.307 e. The third kappa shape index (κ3) is 3.08. The predicted molar refractivity (Wildman–Crippen MR) is 104 cm³/mol. The van der Waals surface area contributed by atoms with Gasteiger partial charge in [-0.3, -0.25) is 4.79 Å². The number of carbonyl (C=O) groups is 1. The minimum absolute atomic E-state index is 0.0459. The van der Waals surface area contributed by atoms with Gasteiger partial charge in [-0.1, -0.05) is 35.4 Å². The Morgan fingerprint density at radius 1 is 1.14 bits per heavy atom. The zero-order chi connectivity index (χ0) is 20.1. The van der Waals surface area contributed by atoms with E-state index in [9.17, 15) is 13.2 Å². The summed E-state index contributed by atoms with van der Waals surface area (Å²) >= 11 is 0. The average Bonchev–Trinajstić information content (AvgIpc) is 2.96. The Kier molecular flexibility index (Phi) is 4.67. The van der Waals surface area contributed by atoms with Crippen LogP contribution in [0.3, 0.4) is 0 Å². The van der Waals surface area contributed by atoms with Crippen molar-refractivity contribution in [2.45, 2.75) is 49.8 Å². The summed E-state index contributed by atoms with van der Waals surface area (Å²) in [5.74, 6) is 0.230. The predicted octanol–water partition coefficient (Wildman–Crippen LogP) is 3.13. The fourth-order valence-corrected chi connectivity index (χ4v) is 5.94. The van der Waals surface area contributed by atoms with Crippen LogP contribution in [-0.2, 0) is 19.6 Å². The maximum atomic E-state index is 13.6. The van der Waals surface area contributed by atoms with E-state index in [4.69, 9.17) is 9.47 Å². The van der Waals surface area contributed by atoms with Crippen molar-refractivity contribution in [1.29, 1.82) is 0 Å². The lowest BCUT2D eigenvalue weighted by Gasteiger charge is -2.28. The molecule has 7 heteroatoms. The van der Waals surface area contributed by atoms with Crippen molar-refractivity contribution in [3.63, 3.8) is 0 Å². The number of aryl methyl sites for hydroxylation is 2. The van der Waals surface area contributed by atoms with E-state index in [1.54, 1.807) is 24.3 Å². The Labute approximate surface area is 165 Å². The van der Waals surface area contributed by atoms with Crippen molar-refractivity contribution in [3.05, 3.63) is 59.2 Å². The van der Waals surface area contributed by atoms with Crippen LogP contribution in [0.1, 0.15) is 35.6 Å². The number of benzene rings is 2. The lowest BCUT2D eigenvalue weighted by Crippen LogP contribution is -2.42. The number of sulfonamides is 1. The van der Waals surface area contributed by atoms with Gasteiger partial charge in [0.1, 0.15) is 11.9 Å². The zero-order valence-electron chi connectivity index (χ0n) is 16.1. The molecule has 2 bridgehead atoms. The Morgan fingerprint density at radius 3 is 2.50 bits per heavy atom. The molecule has 3 atom stereocenters. The molecule has 2 aromatic rings. The molecule has 6 nitrogen and oxygen atoms in total. The summed E-state index contributed by atoms with van der Waals surface area (Å²) in [7, 11) is -2.52. The number of nitrogens with zero attached hydrogens (tertiary/aromatic N) is 1. The summed E-state index contributed by atoms with van der Waals surface area (Å²) in [5.41, 5.74) is 2.86. The maximum Gasteiger partial charge on any atom is 0.307 e. The van der Waals surface area contributed by atoms with E-state index in [1.165, 1.54) is 11.4 Å². The van der Waals surface area contributed by atoms with Crippen LogP contribution in [0, 0.1) is 13.8 Å². The summed E-state index contributed by atoms with van der Waals surface area (Å²) in [5, 5.41) is 0. The van der Waals surface area contributed by atoms with E-state index in [1.807, 2.05) is 32.0 Å². The van der Waals surface area contributed by atoms with Crippen LogP contribution in [0.2, 0.25) is 0 Å². The Balaban J connectivity index is 1.83. The van der Waals surface area contributed by atoms with E-state index in [2.05, 4.69) is 0 Å². The largest absolute Gasteiger partial charge is 0.488 e. The van der Waals surface area contributed by atoms with Crippen molar-refractivity contribution in [1.82, 2.24) is 4.31 Å². The topological polar surface area (TPSA) is 72.9 Å². The van der Waals surface area contributed by atoms with E-state index in [0.29, 0.717) is 12.2 Å². The molecule has 0 saturated carbocycles. The Hall–Kier alpha value is -2.38. The number of rotatable bonds is 4. The summed E-state index contributed by atoms with van der Waals surface area (Å²) < 4.78 is 39.6. The second-order valence-corrected chi connectivity index (χ2v) is 9.29. The highest BCUT2D eigenvalue weighted by Crippen LogP contribution is 2.49. The van der Waals surface area contributed by atoms with E-state index < -0.39 is 22.0 Å². The first-order valence-corrected chi connectivity index (χ1v) is 10.7. The molecule has 2 aromatic carbocycles. The first-order chi connectivity index (χ1) is 13.3. The van der Waals surface area contributed by atoms with Crippen LogP contribution in [0.4, 0.5) is 0 Å². The van der Waals surface area contributed by atoms with Crippen LogP contribution < -0.4 is 4.74 Å². The third-order valence-corrected chi connectivity index (χ3v) is 7.47. The SMILES string of the molecule is COC(=O)CC1C2CC(c3cc(C)ccc3O2)N1S(=O)(=O)c1ccc(C)cc1. The maximum absolute atomic E-state index is 13.6. The normalized spacial score (nSPS) is 23.8. The van der Waals surface area contributed by atoms with Gasteiger partial charge in [-0.15, -0.1) is 0 Å². The number of hydrogen-bond donors (Lipinski definition) is 0. The molecule has 0 amide bonds. The molecule has 2 aliphatic rings. The second kappa shape index (κ2) is 6.90. The van der Waals surface area contributed by atoms with Crippen LogP contribution in [-0.4, -0.2) is 37.9 Å². The summed E-state index contributed by atoms with van der Waals surface area (Å²) in [6.07, 6.45) is 0.0818. The van der Waals surface area contributed by atoms with Gasteiger partial charge in [0.15, 0.2) is 0 Å². The van der Waals surface area contributed by atoms with Crippen molar-refractivity contribution in [2.24, 2.45) is 0 Å². The molecule has 2 heterocycles. The molecule has 4 rings (SSSR count). The highest BCUT2D eigenvalue weighted by atomic mass is 32.2. The molecular formula is C21H23NO5S. The summed E-state index contributed by atoms with van der Waals surface area (Å²) in [6.45, 7) is 3.87. The molecule has 1 fully saturated rings. The molecule has 28 heavy (non-hydrogen) atoms. The van der Waals surface area contributed by atoms with Gasteiger partial charge in [0, 0.05) is 12.0 Å². The molecule has 0 N–H and O–H groups in total. The van der Waals surface area contributed by atoms with Crippen LogP contribution >= 0.6 is 0 Å². The van der Waals surface area contributed by atoms with Gasteiger partial charge in [0.05, 0.1) is 30.5 Å². The Bertz CT molecular complexity index is 1020. The molecule has 0 spiro atoms. The highest BCUT2D eigenvalue weighted by molar-refractivity contribution is 7.89. The minimum atomic E-state index is -3.82. The molecular weight excluding hydrogens is 378 g/mol. The average molecular weight is 401 g/mol. The Morgan fingerprint density at radius 2 is 1.82 bits per heavy atom. The number of esters is 1. The number of methoxy groups -OCH3 is 1. The molecule has 0 radical (unpaired) electrons. The molecule has 1 saturated heterocycles. The van der Waals surface area contributed by atoms with Crippen molar-refractivity contribution in [3.8, 4) is 5.75 Å². The fraction of sp³-hybridized carbons (Fsp3) is 0.381. The van der Waals surface area contributed by atoms with Gasteiger partial charge in [0.2, 0.25) is 10.0 Å². The molecule has 0 aliphatic carbocycles. The van der Waals surface area contributed by atoms with Gasteiger partial charge in [0.25, 0.3) is 0 Å². The van der Waals surface area contributed by atoms with E-state index >= 15 is 0 Å². The third-order valence-electron chi connectivity index (χ3n) is 5.52. The van der Waals surface area contributed by atoms with Gasteiger partial charge >= 0.3 is 5.97 Å². The van der Waals surface area contributed by atoms with E-state index in [0.717, 1.165) is 16.7 Å². The monoisotopic (exact) mass is 401 g/mol. The first kappa shape index (κ1) is 19.0. The molecule has 3 unspecified atom stereocenters. The van der Waals surface area contributed by atoms with Gasteiger partial charge in [-0.2, -0.15) is 4.31 Å². The van der Waals surface area contributed by atoms with Gasteiger partial charge in [-0.05, 0) is 32.0 Å². The number of hydrogen-bond acceptors (Lipinski definition) is 5. The standard InChI is InChI=1S/C21H23NO5S/c1-13-4-7-15(8-5-13)28(24,25)22-17-11-20(18(22)12-21(23)26-3)27-19-9-6-14(2)10-16(17)19/h4-10,17-18,20H,11-12H2,1-3H3. The van der Waals surface area contributed by atoms with Crippen LogP contribution in [0.15, 0.2) is 47.4 Å². The van der Waals surface area contributed by atoms with Crippen LogP contribution in [0.25, 0.3) is 0 Å². The van der Waals surface area contributed by atoms with Crippen molar-refractivity contribution < 1.29 is 22.7 Å². The van der Waals surface area contributed by atoms with Crippen LogP contribution in [0.5, 0.6) is 5.75 Å². The lowest BCUT2D eigenvalue weighted by atomic mass is 9.97.